The van der Waals surface area contributed by atoms with Gasteiger partial charge in [-0.3, -0.25) is 0 Å². The van der Waals surface area contributed by atoms with Crippen LogP contribution in [0.5, 0.6) is 0 Å². The van der Waals surface area contributed by atoms with Crippen LogP contribution in [0.4, 0.5) is 0 Å². The molecular weight excluding hydrogens is 232 g/mol. The molecule has 0 saturated heterocycles. The van der Waals surface area contributed by atoms with Crippen molar-refractivity contribution in [3.63, 3.8) is 0 Å². The molecule has 1 rings (SSSR count). The van der Waals surface area contributed by atoms with E-state index in [-0.39, 0.29) is 12.2 Å². The van der Waals surface area contributed by atoms with Gasteiger partial charge < -0.3 is 14.9 Å². The van der Waals surface area contributed by atoms with Crippen LogP contribution in [-0.2, 0) is 9.53 Å². The number of aliphatic hydroxyl groups excluding tert-OH is 2. The van der Waals surface area contributed by atoms with Gasteiger partial charge in [0.05, 0.1) is 18.3 Å². The Hall–Kier alpha value is -0.870. The molecule has 4 heteroatoms. The highest BCUT2D eigenvalue weighted by Crippen LogP contribution is 2.14. The molecule has 0 fully saturated rings. The van der Waals surface area contributed by atoms with Gasteiger partial charge in [-0.2, -0.15) is 0 Å². The second-order valence-electron chi connectivity index (χ2n) is 5.04. The lowest BCUT2D eigenvalue weighted by molar-refractivity contribution is -0.142. The summed E-state index contributed by atoms with van der Waals surface area (Å²) in [7, 11) is 0. The largest absolute Gasteiger partial charge is 0.460 e. The summed E-state index contributed by atoms with van der Waals surface area (Å²) in [6.45, 7) is 1.88. The number of carbonyl (C=O) groups is 1. The van der Waals surface area contributed by atoms with Gasteiger partial charge in [-0.05, 0) is 45.1 Å². The van der Waals surface area contributed by atoms with Gasteiger partial charge in [0.1, 0.15) is 0 Å². The van der Waals surface area contributed by atoms with E-state index in [2.05, 4.69) is 0 Å². The van der Waals surface area contributed by atoms with Gasteiger partial charge in [0, 0.05) is 6.08 Å². The average molecular weight is 256 g/mol. The van der Waals surface area contributed by atoms with E-state index in [9.17, 15) is 15.0 Å². The molecule has 4 nitrogen and oxygen atoms in total. The zero-order chi connectivity index (χ0) is 13.4. The van der Waals surface area contributed by atoms with Crippen LogP contribution in [0.25, 0.3) is 0 Å². The topological polar surface area (TPSA) is 66.8 Å². The number of aliphatic hydroxyl groups is 2. The molecule has 0 unspecified atom stereocenters. The van der Waals surface area contributed by atoms with E-state index in [1.165, 1.54) is 12.2 Å². The van der Waals surface area contributed by atoms with Crippen LogP contribution in [0.3, 0.4) is 0 Å². The summed E-state index contributed by atoms with van der Waals surface area (Å²) in [5, 5.41) is 19.3. The number of rotatable bonds is 0. The van der Waals surface area contributed by atoms with E-state index in [1.54, 1.807) is 0 Å². The number of cyclic esters (lactones) is 1. The molecule has 0 saturated carbocycles. The molecule has 18 heavy (non-hydrogen) atoms. The SMILES string of the molecule is C[C@H]1CCCCC[C@H](O)CC[C@H](O)/C=C/C(=O)O1. The highest BCUT2D eigenvalue weighted by atomic mass is 16.5. The Kier molecular flexibility index (Phi) is 6.98. The molecule has 0 aliphatic carbocycles. The Bertz CT molecular complexity index is 275. The summed E-state index contributed by atoms with van der Waals surface area (Å²) < 4.78 is 5.18. The fraction of sp³-hybridized carbons (Fsp3) is 0.786. The first-order chi connectivity index (χ1) is 8.58. The number of esters is 1. The third kappa shape index (κ3) is 6.77. The van der Waals surface area contributed by atoms with Gasteiger partial charge >= 0.3 is 5.97 Å². The van der Waals surface area contributed by atoms with Crippen molar-refractivity contribution in [3.8, 4) is 0 Å². The van der Waals surface area contributed by atoms with E-state index >= 15 is 0 Å². The maximum absolute atomic E-state index is 11.4. The summed E-state index contributed by atoms with van der Waals surface area (Å²) in [5.41, 5.74) is 0. The number of carbonyl (C=O) groups excluding carboxylic acids is 1. The van der Waals surface area contributed by atoms with E-state index < -0.39 is 12.1 Å². The highest BCUT2D eigenvalue weighted by molar-refractivity contribution is 5.82. The lowest BCUT2D eigenvalue weighted by atomic mass is 10.0. The van der Waals surface area contributed by atoms with Crippen molar-refractivity contribution in [2.24, 2.45) is 0 Å². The molecule has 104 valence electrons. The van der Waals surface area contributed by atoms with Crippen LogP contribution in [0.1, 0.15) is 51.9 Å². The Morgan fingerprint density at radius 3 is 2.61 bits per heavy atom. The molecule has 0 radical (unpaired) electrons. The number of hydrogen-bond acceptors (Lipinski definition) is 4. The van der Waals surface area contributed by atoms with Gasteiger partial charge in [0.25, 0.3) is 0 Å². The Morgan fingerprint density at radius 2 is 1.83 bits per heavy atom. The highest BCUT2D eigenvalue weighted by Gasteiger charge is 2.11. The zero-order valence-corrected chi connectivity index (χ0v) is 11.0. The maximum atomic E-state index is 11.4. The smallest absolute Gasteiger partial charge is 0.330 e. The minimum absolute atomic E-state index is 0.0906. The fourth-order valence-electron chi connectivity index (χ4n) is 2.08. The van der Waals surface area contributed by atoms with E-state index in [4.69, 9.17) is 4.74 Å². The normalized spacial score (nSPS) is 34.4. The quantitative estimate of drug-likeness (QED) is 0.650. The minimum Gasteiger partial charge on any atom is -0.460 e. The van der Waals surface area contributed by atoms with Gasteiger partial charge in [-0.25, -0.2) is 4.79 Å². The predicted octanol–water partition coefficient (Wildman–Crippen LogP) is 1.94. The molecular formula is C14H24O4. The van der Waals surface area contributed by atoms with E-state index in [0.717, 1.165) is 32.1 Å². The number of hydrogen-bond donors (Lipinski definition) is 2. The molecule has 3 atom stereocenters. The molecule has 0 spiro atoms. The second-order valence-corrected chi connectivity index (χ2v) is 5.04. The van der Waals surface area contributed by atoms with Crippen molar-refractivity contribution in [2.75, 3.05) is 0 Å². The molecule has 1 aliphatic heterocycles. The third-order valence-corrected chi connectivity index (χ3v) is 3.22. The molecule has 0 amide bonds. The van der Waals surface area contributed by atoms with E-state index in [0.29, 0.717) is 12.8 Å². The van der Waals surface area contributed by atoms with Crippen LogP contribution in [0.15, 0.2) is 12.2 Å². The Labute approximate surface area is 109 Å². The van der Waals surface area contributed by atoms with Gasteiger partial charge in [-0.15, -0.1) is 0 Å². The first-order valence-corrected chi connectivity index (χ1v) is 6.83. The second kappa shape index (κ2) is 8.27. The Morgan fingerprint density at radius 1 is 1.11 bits per heavy atom. The molecule has 0 bridgehead atoms. The van der Waals surface area contributed by atoms with Crippen LogP contribution < -0.4 is 0 Å². The Balaban J connectivity index is 2.51. The monoisotopic (exact) mass is 256 g/mol. The van der Waals surface area contributed by atoms with Gasteiger partial charge in [-0.1, -0.05) is 12.8 Å². The van der Waals surface area contributed by atoms with Gasteiger partial charge in [0.15, 0.2) is 0 Å². The zero-order valence-electron chi connectivity index (χ0n) is 11.0. The summed E-state index contributed by atoms with van der Waals surface area (Å²) >= 11 is 0. The lowest BCUT2D eigenvalue weighted by Crippen LogP contribution is -2.15. The average Bonchev–Trinajstić information content (AvgIpc) is 2.32. The van der Waals surface area contributed by atoms with Crippen molar-refractivity contribution in [1.29, 1.82) is 0 Å². The minimum atomic E-state index is -0.689. The maximum Gasteiger partial charge on any atom is 0.330 e. The van der Waals surface area contributed by atoms with Crippen molar-refractivity contribution < 1.29 is 19.7 Å². The number of ether oxygens (including phenoxy) is 1. The molecule has 0 aromatic heterocycles. The van der Waals surface area contributed by atoms with Crippen LogP contribution in [0, 0.1) is 0 Å². The summed E-state index contributed by atoms with van der Waals surface area (Å²) in [6, 6.07) is 0. The molecule has 1 aliphatic rings. The summed E-state index contributed by atoms with van der Waals surface area (Å²) in [6.07, 6.45) is 7.28. The molecule has 0 aromatic carbocycles. The van der Waals surface area contributed by atoms with Crippen LogP contribution in [0.2, 0.25) is 0 Å². The van der Waals surface area contributed by atoms with Crippen molar-refractivity contribution in [3.05, 3.63) is 12.2 Å². The standard InChI is InChI=1S/C14H24O4/c1-11-5-3-2-4-6-12(15)7-8-13(16)9-10-14(17)18-11/h9-13,15-16H,2-8H2,1H3/b10-9+/t11-,12-,13-/m0/s1. The van der Waals surface area contributed by atoms with Crippen molar-refractivity contribution >= 4 is 5.97 Å². The molecule has 2 N–H and O–H groups in total. The van der Waals surface area contributed by atoms with Gasteiger partial charge in [0.2, 0.25) is 0 Å². The van der Waals surface area contributed by atoms with Crippen LogP contribution >= 0.6 is 0 Å². The molecule has 1 heterocycles. The van der Waals surface area contributed by atoms with E-state index in [1.807, 2.05) is 6.92 Å². The van der Waals surface area contributed by atoms with Crippen molar-refractivity contribution in [2.45, 2.75) is 70.2 Å². The molecule has 0 aromatic rings. The third-order valence-electron chi connectivity index (χ3n) is 3.22. The summed E-state index contributed by atoms with van der Waals surface area (Å²) in [5.74, 6) is -0.404. The fourth-order valence-corrected chi connectivity index (χ4v) is 2.08. The van der Waals surface area contributed by atoms with Crippen LogP contribution in [-0.4, -0.2) is 34.5 Å². The first-order valence-electron chi connectivity index (χ1n) is 6.83. The predicted molar refractivity (Wildman–Crippen MR) is 69.0 cm³/mol. The first kappa shape index (κ1) is 15.2. The van der Waals surface area contributed by atoms with Crippen molar-refractivity contribution in [1.82, 2.24) is 0 Å². The summed E-state index contributed by atoms with van der Waals surface area (Å²) in [4.78, 5) is 11.4. The lowest BCUT2D eigenvalue weighted by Gasteiger charge is -2.15.